The maximum atomic E-state index is 12.4. The molecule has 1 aliphatic heterocycles. The van der Waals surface area contributed by atoms with Crippen molar-refractivity contribution in [2.24, 2.45) is 5.92 Å². The van der Waals surface area contributed by atoms with E-state index in [9.17, 15) is 14.4 Å². The molecule has 1 atom stereocenters. The number of benzene rings is 1. The van der Waals surface area contributed by atoms with Crippen molar-refractivity contribution in [2.75, 3.05) is 26.7 Å². The van der Waals surface area contributed by atoms with Crippen LogP contribution in [-0.4, -0.2) is 59.4 Å². The molecule has 6 nitrogen and oxygen atoms in total. The molecule has 1 aromatic carbocycles. The first-order chi connectivity index (χ1) is 10.9. The van der Waals surface area contributed by atoms with Gasteiger partial charge < -0.3 is 14.9 Å². The van der Waals surface area contributed by atoms with E-state index in [2.05, 4.69) is 15.9 Å². The van der Waals surface area contributed by atoms with Crippen LogP contribution in [0.4, 0.5) is 0 Å². The molecule has 1 heterocycles. The molecule has 0 aromatic heterocycles. The van der Waals surface area contributed by atoms with Gasteiger partial charge in [0.25, 0.3) is 5.91 Å². The average molecular weight is 383 g/mol. The highest BCUT2D eigenvalue weighted by Gasteiger charge is 2.29. The quantitative estimate of drug-likeness (QED) is 0.861. The molecule has 0 bridgehead atoms. The Hall–Kier alpha value is -1.89. The third kappa shape index (κ3) is 4.31. The first-order valence-corrected chi connectivity index (χ1v) is 8.20. The van der Waals surface area contributed by atoms with Gasteiger partial charge in [0.2, 0.25) is 5.91 Å². The van der Waals surface area contributed by atoms with Crippen LogP contribution in [0.5, 0.6) is 0 Å². The molecule has 2 rings (SSSR count). The van der Waals surface area contributed by atoms with E-state index in [0.29, 0.717) is 29.4 Å². The number of aliphatic carboxylic acids is 1. The van der Waals surface area contributed by atoms with Gasteiger partial charge in [0.05, 0.1) is 18.0 Å². The Morgan fingerprint density at radius 2 is 2.04 bits per heavy atom. The van der Waals surface area contributed by atoms with Crippen molar-refractivity contribution in [1.29, 1.82) is 0 Å². The number of hydrogen-bond donors (Lipinski definition) is 1. The number of carbonyl (C=O) groups is 3. The fraction of sp³-hybridized carbons (Fsp3) is 0.438. The Balaban J connectivity index is 1.98. The van der Waals surface area contributed by atoms with E-state index in [4.69, 9.17) is 5.11 Å². The van der Waals surface area contributed by atoms with E-state index < -0.39 is 11.9 Å². The molecular weight excluding hydrogens is 364 g/mol. The van der Waals surface area contributed by atoms with Crippen LogP contribution in [0.15, 0.2) is 28.7 Å². The number of likely N-dealkylation sites (N-methyl/N-ethyl adjacent to an activating group) is 1. The number of hydrogen-bond acceptors (Lipinski definition) is 3. The minimum absolute atomic E-state index is 0.0630. The van der Waals surface area contributed by atoms with Crippen molar-refractivity contribution in [2.45, 2.75) is 12.8 Å². The molecule has 2 amide bonds. The predicted octanol–water partition coefficient (Wildman–Crippen LogP) is 1.84. The number of amides is 2. The van der Waals surface area contributed by atoms with Gasteiger partial charge >= 0.3 is 5.97 Å². The lowest BCUT2D eigenvalue weighted by Crippen LogP contribution is -2.46. The molecule has 0 aliphatic carbocycles. The molecule has 0 radical (unpaired) electrons. The highest BCUT2D eigenvalue weighted by molar-refractivity contribution is 9.10. The third-order valence-corrected chi connectivity index (χ3v) is 4.64. The van der Waals surface area contributed by atoms with E-state index in [0.717, 1.165) is 0 Å². The molecule has 7 heteroatoms. The zero-order valence-corrected chi connectivity index (χ0v) is 14.5. The van der Waals surface area contributed by atoms with E-state index in [1.807, 2.05) is 6.07 Å². The van der Waals surface area contributed by atoms with Crippen molar-refractivity contribution in [3.8, 4) is 0 Å². The minimum Gasteiger partial charge on any atom is -0.481 e. The summed E-state index contributed by atoms with van der Waals surface area (Å²) in [6.07, 6.45) is 1.26. The van der Waals surface area contributed by atoms with Gasteiger partial charge in [-0.25, -0.2) is 0 Å². The van der Waals surface area contributed by atoms with E-state index in [1.165, 1.54) is 9.80 Å². The summed E-state index contributed by atoms with van der Waals surface area (Å²) in [5, 5.41) is 9.08. The number of halogens is 1. The Labute approximate surface area is 143 Å². The molecule has 124 valence electrons. The lowest BCUT2D eigenvalue weighted by Gasteiger charge is -2.32. The van der Waals surface area contributed by atoms with Crippen LogP contribution >= 0.6 is 15.9 Å². The number of carboxylic acids is 1. The normalized spacial score (nSPS) is 17.7. The van der Waals surface area contributed by atoms with E-state index in [1.54, 1.807) is 25.2 Å². The van der Waals surface area contributed by atoms with E-state index in [-0.39, 0.29) is 24.9 Å². The van der Waals surface area contributed by atoms with E-state index >= 15 is 0 Å². The van der Waals surface area contributed by atoms with Crippen LogP contribution in [0.25, 0.3) is 0 Å². The zero-order valence-electron chi connectivity index (χ0n) is 12.9. The summed E-state index contributed by atoms with van der Waals surface area (Å²) in [5.41, 5.74) is 0.491. The second kappa shape index (κ2) is 7.59. The number of piperidine rings is 1. The topological polar surface area (TPSA) is 77.9 Å². The first kappa shape index (κ1) is 17.5. The maximum Gasteiger partial charge on any atom is 0.308 e. The van der Waals surface area contributed by atoms with Gasteiger partial charge in [0, 0.05) is 24.6 Å². The summed E-state index contributed by atoms with van der Waals surface area (Å²) in [7, 11) is 1.57. The number of rotatable bonds is 4. The summed E-state index contributed by atoms with van der Waals surface area (Å²) in [4.78, 5) is 38.7. The van der Waals surface area contributed by atoms with Crippen molar-refractivity contribution in [3.05, 3.63) is 34.3 Å². The predicted molar refractivity (Wildman–Crippen MR) is 88.0 cm³/mol. The molecule has 1 unspecified atom stereocenters. The minimum atomic E-state index is -0.875. The fourth-order valence-electron chi connectivity index (χ4n) is 2.62. The molecule has 0 spiro atoms. The van der Waals surface area contributed by atoms with Gasteiger partial charge in [-0.1, -0.05) is 12.1 Å². The first-order valence-electron chi connectivity index (χ1n) is 7.40. The Kier molecular flexibility index (Phi) is 5.76. The highest BCUT2D eigenvalue weighted by atomic mass is 79.9. The summed E-state index contributed by atoms with van der Waals surface area (Å²) >= 11 is 3.32. The Morgan fingerprint density at radius 1 is 1.35 bits per heavy atom. The average Bonchev–Trinajstić information content (AvgIpc) is 2.54. The molecule has 1 saturated heterocycles. The van der Waals surface area contributed by atoms with Crippen molar-refractivity contribution in [3.63, 3.8) is 0 Å². The van der Waals surface area contributed by atoms with Crippen LogP contribution in [0.1, 0.15) is 23.2 Å². The van der Waals surface area contributed by atoms with Gasteiger partial charge in [-0.3, -0.25) is 14.4 Å². The number of nitrogens with zero attached hydrogens (tertiary/aromatic N) is 2. The molecule has 0 saturated carbocycles. The molecule has 23 heavy (non-hydrogen) atoms. The van der Waals surface area contributed by atoms with Gasteiger partial charge in [-0.2, -0.15) is 0 Å². The zero-order chi connectivity index (χ0) is 17.0. The fourth-order valence-corrected chi connectivity index (χ4v) is 3.07. The van der Waals surface area contributed by atoms with Crippen LogP contribution in [0.2, 0.25) is 0 Å². The summed E-state index contributed by atoms with van der Waals surface area (Å²) in [6, 6.07) is 7.03. The van der Waals surface area contributed by atoms with Gasteiger partial charge in [0.15, 0.2) is 0 Å². The van der Waals surface area contributed by atoms with Crippen LogP contribution in [-0.2, 0) is 9.59 Å². The molecular formula is C16H19BrN2O4. The lowest BCUT2D eigenvalue weighted by atomic mass is 9.98. The number of carboxylic acid groups (broad SMARTS) is 1. The SMILES string of the molecule is CN(CC(=O)N1CCCC(C(=O)O)C1)C(=O)c1ccccc1Br. The maximum absolute atomic E-state index is 12.4. The Morgan fingerprint density at radius 3 is 2.70 bits per heavy atom. The largest absolute Gasteiger partial charge is 0.481 e. The van der Waals surface area contributed by atoms with Crippen molar-refractivity contribution in [1.82, 2.24) is 9.80 Å². The second-order valence-corrected chi connectivity index (χ2v) is 6.51. The third-order valence-electron chi connectivity index (χ3n) is 3.95. The van der Waals surface area contributed by atoms with Gasteiger partial charge in [0.1, 0.15) is 0 Å². The summed E-state index contributed by atoms with van der Waals surface area (Å²) in [6.45, 7) is 0.692. The van der Waals surface area contributed by atoms with Crippen molar-refractivity contribution < 1.29 is 19.5 Å². The van der Waals surface area contributed by atoms with Crippen LogP contribution in [0, 0.1) is 5.92 Å². The summed E-state index contributed by atoms with van der Waals surface area (Å²) in [5.74, 6) is -1.87. The highest BCUT2D eigenvalue weighted by Crippen LogP contribution is 2.19. The lowest BCUT2D eigenvalue weighted by molar-refractivity contribution is -0.145. The standard InChI is InChI=1S/C16H19BrN2O4/c1-18(15(21)12-6-2-3-7-13(12)17)10-14(20)19-8-4-5-11(9-19)16(22)23/h2-3,6-7,11H,4-5,8-10H2,1H3,(H,22,23). The molecule has 1 aromatic rings. The van der Waals surface area contributed by atoms with Crippen LogP contribution in [0.3, 0.4) is 0 Å². The van der Waals surface area contributed by atoms with Crippen molar-refractivity contribution >= 4 is 33.7 Å². The molecule has 1 aliphatic rings. The van der Waals surface area contributed by atoms with Crippen LogP contribution < -0.4 is 0 Å². The molecule has 1 fully saturated rings. The Bertz CT molecular complexity index is 620. The second-order valence-electron chi connectivity index (χ2n) is 5.66. The summed E-state index contributed by atoms with van der Waals surface area (Å²) < 4.78 is 0.674. The van der Waals surface area contributed by atoms with Gasteiger partial charge in [-0.15, -0.1) is 0 Å². The number of carbonyl (C=O) groups excluding carboxylic acids is 2. The van der Waals surface area contributed by atoms with Gasteiger partial charge in [-0.05, 0) is 40.9 Å². The smallest absolute Gasteiger partial charge is 0.308 e. The molecule has 1 N–H and O–H groups in total. The monoisotopic (exact) mass is 382 g/mol. The number of likely N-dealkylation sites (tertiary alicyclic amines) is 1.